The molecular weight excluding hydrogens is 240 g/mol. The summed E-state index contributed by atoms with van der Waals surface area (Å²) in [6.07, 6.45) is 0.918. The minimum atomic E-state index is -0.801. The first-order valence-corrected chi connectivity index (χ1v) is 6.36. The zero-order chi connectivity index (χ0) is 13.1. The molecule has 2 N–H and O–H groups in total. The van der Waals surface area contributed by atoms with E-state index < -0.39 is 18.4 Å². The molecule has 104 valence electrons. The fourth-order valence-electron chi connectivity index (χ4n) is 2.47. The summed E-state index contributed by atoms with van der Waals surface area (Å²) in [5.74, 6) is -0.411. The summed E-state index contributed by atoms with van der Waals surface area (Å²) in [6.45, 7) is 1.26. The van der Waals surface area contributed by atoms with E-state index in [1.807, 2.05) is 0 Å². The number of carbonyl (C=O) groups is 1. The van der Waals surface area contributed by atoms with E-state index in [0.717, 1.165) is 12.8 Å². The number of ether oxygens (including phenoxy) is 3. The first-order valence-electron chi connectivity index (χ1n) is 6.36. The summed E-state index contributed by atoms with van der Waals surface area (Å²) in [5, 5.41) is 19.1. The molecule has 0 saturated carbocycles. The summed E-state index contributed by atoms with van der Waals surface area (Å²) >= 11 is 0. The second kappa shape index (κ2) is 5.97. The standard InChI is InChI=1S/C12H20O6/c1-7(13)16-6-8(14)9-2-3-10(17-9)11-4-5-12(15)18-11/h8-12,14-15H,2-6H2,1H3/t8-,9-,10+,11-,12?/m1/s1. The van der Waals surface area contributed by atoms with Crippen LogP contribution in [0, 0.1) is 0 Å². The molecule has 0 bridgehead atoms. The van der Waals surface area contributed by atoms with Crippen molar-refractivity contribution in [3.8, 4) is 0 Å². The molecule has 6 nitrogen and oxygen atoms in total. The van der Waals surface area contributed by atoms with Crippen LogP contribution in [0.25, 0.3) is 0 Å². The maximum absolute atomic E-state index is 10.7. The van der Waals surface area contributed by atoms with Gasteiger partial charge in [-0.15, -0.1) is 0 Å². The number of esters is 1. The van der Waals surface area contributed by atoms with Gasteiger partial charge < -0.3 is 24.4 Å². The van der Waals surface area contributed by atoms with Crippen LogP contribution < -0.4 is 0 Å². The van der Waals surface area contributed by atoms with Gasteiger partial charge in [-0.1, -0.05) is 0 Å². The molecule has 18 heavy (non-hydrogen) atoms. The largest absolute Gasteiger partial charge is 0.463 e. The minimum absolute atomic E-state index is 0.0408. The van der Waals surface area contributed by atoms with Gasteiger partial charge in [0, 0.05) is 13.3 Å². The smallest absolute Gasteiger partial charge is 0.302 e. The third kappa shape index (κ3) is 3.41. The highest BCUT2D eigenvalue weighted by molar-refractivity contribution is 5.65. The summed E-state index contributed by atoms with van der Waals surface area (Å²) in [4.78, 5) is 10.7. The lowest BCUT2D eigenvalue weighted by molar-refractivity contribution is -0.154. The van der Waals surface area contributed by atoms with Crippen molar-refractivity contribution in [1.82, 2.24) is 0 Å². The predicted molar refractivity (Wildman–Crippen MR) is 60.6 cm³/mol. The molecule has 2 fully saturated rings. The van der Waals surface area contributed by atoms with E-state index in [2.05, 4.69) is 0 Å². The third-order valence-corrected chi connectivity index (χ3v) is 3.42. The van der Waals surface area contributed by atoms with Crippen LogP contribution in [-0.4, -0.2) is 53.5 Å². The molecular formula is C12H20O6. The van der Waals surface area contributed by atoms with Crippen molar-refractivity contribution in [2.75, 3.05) is 6.61 Å². The number of hydrogen-bond donors (Lipinski definition) is 2. The Bertz CT molecular complexity index is 294. The van der Waals surface area contributed by atoms with Crippen LogP contribution in [-0.2, 0) is 19.0 Å². The SMILES string of the molecule is CC(=O)OC[C@@H](O)[C@H]1CC[C@@H]([C@H]2CCC(O)O2)O1. The van der Waals surface area contributed by atoms with Crippen LogP contribution >= 0.6 is 0 Å². The lowest BCUT2D eigenvalue weighted by Crippen LogP contribution is -2.34. The molecule has 0 aromatic heterocycles. The van der Waals surface area contributed by atoms with E-state index >= 15 is 0 Å². The Labute approximate surface area is 106 Å². The molecule has 2 saturated heterocycles. The summed E-state index contributed by atoms with van der Waals surface area (Å²) < 4.78 is 15.8. The Morgan fingerprint density at radius 3 is 2.56 bits per heavy atom. The van der Waals surface area contributed by atoms with Crippen molar-refractivity contribution in [2.45, 2.75) is 63.3 Å². The summed E-state index contributed by atoms with van der Waals surface area (Å²) in [5.41, 5.74) is 0. The topological polar surface area (TPSA) is 85.2 Å². The maximum Gasteiger partial charge on any atom is 0.302 e. The fourth-order valence-corrected chi connectivity index (χ4v) is 2.47. The van der Waals surface area contributed by atoms with Crippen molar-refractivity contribution >= 4 is 5.97 Å². The van der Waals surface area contributed by atoms with Gasteiger partial charge in [0.2, 0.25) is 0 Å². The molecule has 0 aliphatic carbocycles. The van der Waals surface area contributed by atoms with E-state index in [1.54, 1.807) is 0 Å². The molecule has 1 unspecified atom stereocenters. The van der Waals surface area contributed by atoms with Gasteiger partial charge in [0.25, 0.3) is 0 Å². The highest BCUT2D eigenvalue weighted by Crippen LogP contribution is 2.31. The second-order valence-electron chi connectivity index (χ2n) is 4.87. The molecule has 0 aromatic carbocycles. The van der Waals surface area contributed by atoms with Crippen molar-refractivity contribution in [2.24, 2.45) is 0 Å². The van der Waals surface area contributed by atoms with E-state index in [4.69, 9.17) is 14.2 Å². The molecule has 2 aliphatic heterocycles. The number of aliphatic hydroxyl groups is 2. The van der Waals surface area contributed by atoms with Crippen molar-refractivity contribution in [3.63, 3.8) is 0 Å². The first kappa shape index (κ1) is 13.7. The number of carbonyl (C=O) groups excluding carboxylic acids is 1. The van der Waals surface area contributed by atoms with Crippen LogP contribution in [0.3, 0.4) is 0 Å². The Kier molecular flexibility index (Phi) is 4.55. The van der Waals surface area contributed by atoms with Gasteiger partial charge in [-0.3, -0.25) is 4.79 Å². The molecule has 0 amide bonds. The van der Waals surface area contributed by atoms with E-state index in [0.29, 0.717) is 12.8 Å². The molecule has 2 aliphatic rings. The zero-order valence-electron chi connectivity index (χ0n) is 10.4. The van der Waals surface area contributed by atoms with Crippen molar-refractivity contribution < 1.29 is 29.2 Å². The maximum atomic E-state index is 10.7. The van der Waals surface area contributed by atoms with Gasteiger partial charge in [-0.05, 0) is 19.3 Å². The number of rotatable bonds is 4. The highest BCUT2D eigenvalue weighted by atomic mass is 16.6. The van der Waals surface area contributed by atoms with Crippen molar-refractivity contribution in [3.05, 3.63) is 0 Å². The highest BCUT2D eigenvalue weighted by Gasteiger charge is 2.39. The number of hydrogen-bond acceptors (Lipinski definition) is 6. The Hall–Kier alpha value is -0.690. The van der Waals surface area contributed by atoms with Gasteiger partial charge in [0.1, 0.15) is 12.7 Å². The average molecular weight is 260 g/mol. The Morgan fingerprint density at radius 1 is 1.28 bits per heavy atom. The third-order valence-electron chi connectivity index (χ3n) is 3.42. The van der Waals surface area contributed by atoms with E-state index in [1.165, 1.54) is 6.92 Å². The summed E-state index contributed by atoms with van der Waals surface area (Å²) in [7, 11) is 0. The van der Waals surface area contributed by atoms with E-state index in [-0.39, 0.29) is 24.9 Å². The van der Waals surface area contributed by atoms with Gasteiger partial charge >= 0.3 is 5.97 Å². The molecule has 0 spiro atoms. The normalized spacial score (nSPS) is 37.7. The van der Waals surface area contributed by atoms with Gasteiger partial charge in [0.05, 0.1) is 18.3 Å². The van der Waals surface area contributed by atoms with Crippen LogP contribution in [0.4, 0.5) is 0 Å². The molecule has 0 radical (unpaired) electrons. The average Bonchev–Trinajstić information content (AvgIpc) is 2.93. The monoisotopic (exact) mass is 260 g/mol. The quantitative estimate of drug-likeness (QED) is 0.690. The molecule has 2 rings (SSSR count). The van der Waals surface area contributed by atoms with Crippen LogP contribution in [0.5, 0.6) is 0 Å². The predicted octanol–water partition coefficient (Wildman–Crippen LogP) is -0.0446. The van der Waals surface area contributed by atoms with Crippen molar-refractivity contribution in [1.29, 1.82) is 0 Å². The second-order valence-corrected chi connectivity index (χ2v) is 4.87. The van der Waals surface area contributed by atoms with Crippen LogP contribution in [0.15, 0.2) is 0 Å². The van der Waals surface area contributed by atoms with Gasteiger partial charge in [-0.2, -0.15) is 0 Å². The van der Waals surface area contributed by atoms with Crippen LogP contribution in [0.2, 0.25) is 0 Å². The molecule has 6 heteroatoms. The lowest BCUT2D eigenvalue weighted by atomic mass is 10.1. The lowest BCUT2D eigenvalue weighted by Gasteiger charge is -2.21. The Balaban J connectivity index is 1.75. The minimum Gasteiger partial charge on any atom is -0.463 e. The summed E-state index contributed by atoms with van der Waals surface area (Å²) in [6, 6.07) is 0. The number of aliphatic hydroxyl groups excluding tert-OH is 2. The molecule has 2 heterocycles. The van der Waals surface area contributed by atoms with Gasteiger partial charge in [0.15, 0.2) is 6.29 Å². The first-order chi connectivity index (χ1) is 8.56. The van der Waals surface area contributed by atoms with E-state index in [9.17, 15) is 15.0 Å². The fraction of sp³-hybridized carbons (Fsp3) is 0.917. The Morgan fingerprint density at radius 2 is 1.94 bits per heavy atom. The molecule has 0 aromatic rings. The zero-order valence-corrected chi connectivity index (χ0v) is 10.4. The van der Waals surface area contributed by atoms with Gasteiger partial charge in [-0.25, -0.2) is 0 Å². The molecule has 5 atom stereocenters. The van der Waals surface area contributed by atoms with Crippen LogP contribution in [0.1, 0.15) is 32.6 Å².